The van der Waals surface area contributed by atoms with Crippen LogP contribution in [-0.4, -0.2) is 33.9 Å². The predicted molar refractivity (Wildman–Crippen MR) is 97.9 cm³/mol. The number of nitrogens with one attached hydrogen (secondary N) is 1. The number of hydrogen-bond acceptors (Lipinski definition) is 2. The zero-order valence-corrected chi connectivity index (χ0v) is 15.7. The topological polar surface area (TPSA) is 31.9 Å². The molecule has 2 aromatic heterocycles. The summed E-state index contributed by atoms with van der Waals surface area (Å²) in [5, 5.41) is 1.05. The Bertz CT molecular complexity index is 964. The molecule has 0 saturated carbocycles. The van der Waals surface area contributed by atoms with E-state index in [-0.39, 0.29) is 5.69 Å². The standard InChI is InChI=1S/C19H17BrF3N3/c1-19(22,23)10-26-7-6-13-12-4-2-3-5-15(12)25-16(13)18(26)17-14(21)8-11(20)9-24-17/h2-5,8-9,18,25H,6-7,10H2,1H3. The first-order chi connectivity index (χ1) is 12.3. The van der Waals surface area contributed by atoms with Crippen molar-refractivity contribution in [3.63, 3.8) is 0 Å². The molecule has 0 aliphatic carbocycles. The van der Waals surface area contributed by atoms with Crippen molar-refractivity contribution >= 4 is 26.8 Å². The van der Waals surface area contributed by atoms with Crippen LogP contribution < -0.4 is 0 Å². The Morgan fingerprint density at radius 2 is 2.12 bits per heavy atom. The smallest absolute Gasteiger partial charge is 0.257 e. The van der Waals surface area contributed by atoms with Gasteiger partial charge >= 0.3 is 0 Å². The largest absolute Gasteiger partial charge is 0.357 e. The number of fused-ring (bicyclic) bond motifs is 3. The van der Waals surface area contributed by atoms with Crippen LogP contribution in [0.15, 0.2) is 41.0 Å². The van der Waals surface area contributed by atoms with E-state index in [4.69, 9.17) is 0 Å². The molecule has 26 heavy (non-hydrogen) atoms. The predicted octanol–water partition coefficient (Wildman–Crippen LogP) is 5.07. The molecule has 0 spiro atoms. The van der Waals surface area contributed by atoms with Gasteiger partial charge in [-0.15, -0.1) is 0 Å². The number of nitrogens with zero attached hydrogens (tertiary/aromatic N) is 2. The van der Waals surface area contributed by atoms with E-state index < -0.39 is 24.3 Å². The molecule has 1 unspecified atom stereocenters. The highest BCUT2D eigenvalue weighted by Gasteiger charge is 2.38. The number of halogens is 4. The third-order valence-corrected chi connectivity index (χ3v) is 5.14. The number of hydrogen-bond donors (Lipinski definition) is 1. The van der Waals surface area contributed by atoms with E-state index in [9.17, 15) is 13.2 Å². The minimum atomic E-state index is -2.88. The SMILES string of the molecule is CC(F)(F)CN1CCc2c([nH]c3ccccc23)C1c1ncc(Br)cc1F. The van der Waals surface area contributed by atoms with Gasteiger partial charge < -0.3 is 4.98 Å². The van der Waals surface area contributed by atoms with Crippen molar-refractivity contribution in [2.75, 3.05) is 13.1 Å². The van der Waals surface area contributed by atoms with Gasteiger partial charge in [-0.2, -0.15) is 0 Å². The second-order valence-corrected chi connectivity index (χ2v) is 7.69. The van der Waals surface area contributed by atoms with Gasteiger partial charge in [0.15, 0.2) is 0 Å². The number of benzene rings is 1. The fourth-order valence-corrected chi connectivity index (χ4v) is 4.06. The average Bonchev–Trinajstić information content (AvgIpc) is 2.93. The van der Waals surface area contributed by atoms with Gasteiger partial charge in [-0.1, -0.05) is 18.2 Å². The fraction of sp³-hybridized carbons (Fsp3) is 0.316. The molecule has 4 rings (SSSR count). The lowest BCUT2D eigenvalue weighted by molar-refractivity contribution is -0.0249. The van der Waals surface area contributed by atoms with Gasteiger partial charge in [0.1, 0.15) is 5.82 Å². The van der Waals surface area contributed by atoms with Crippen LogP contribution in [0.5, 0.6) is 0 Å². The molecule has 0 bridgehead atoms. The number of rotatable bonds is 3. The number of para-hydroxylation sites is 1. The Morgan fingerprint density at radius 3 is 2.85 bits per heavy atom. The molecule has 7 heteroatoms. The molecule has 1 atom stereocenters. The summed E-state index contributed by atoms with van der Waals surface area (Å²) in [6, 6.07) is 8.44. The molecular formula is C19H17BrF3N3. The van der Waals surface area contributed by atoms with E-state index in [1.165, 1.54) is 12.3 Å². The summed E-state index contributed by atoms with van der Waals surface area (Å²) in [6.45, 7) is 0.847. The van der Waals surface area contributed by atoms with Crippen LogP contribution in [-0.2, 0) is 6.42 Å². The minimum Gasteiger partial charge on any atom is -0.357 e. The molecule has 3 aromatic rings. The quantitative estimate of drug-likeness (QED) is 0.637. The first kappa shape index (κ1) is 17.5. The third kappa shape index (κ3) is 3.14. The van der Waals surface area contributed by atoms with E-state index >= 15 is 0 Å². The Morgan fingerprint density at radius 1 is 1.35 bits per heavy atom. The maximum absolute atomic E-state index is 14.7. The summed E-state index contributed by atoms with van der Waals surface area (Å²) in [5.74, 6) is -3.39. The van der Waals surface area contributed by atoms with Crippen molar-refractivity contribution in [2.24, 2.45) is 0 Å². The zero-order chi connectivity index (χ0) is 18.5. The van der Waals surface area contributed by atoms with E-state index in [1.807, 2.05) is 24.3 Å². The van der Waals surface area contributed by atoms with Gasteiger partial charge in [0.25, 0.3) is 5.92 Å². The lowest BCUT2D eigenvalue weighted by Gasteiger charge is -2.36. The van der Waals surface area contributed by atoms with E-state index in [0.717, 1.165) is 29.1 Å². The summed E-state index contributed by atoms with van der Waals surface area (Å²) in [6.07, 6.45) is 2.13. The number of pyridine rings is 1. The Kier molecular flexibility index (Phi) is 4.31. The molecule has 3 nitrogen and oxygen atoms in total. The van der Waals surface area contributed by atoms with E-state index in [2.05, 4.69) is 25.9 Å². The van der Waals surface area contributed by atoms with Gasteiger partial charge in [-0.25, -0.2) is 13.2 Å². The van der Waals surface area contributed by atoms with Crippen LogP contribution in [0.4, 0.5) is 13.2 Å². The van der Waals surface area contributed by atoms with Gasteiger partial charge in [-0.3, -0.25) is 9.88 Å². The third-order valence-electron chi connectivity index (χ3n) is 4.71. The molecule has 1 aliphatic heterocycles. The van der Waals surface area contributed by atoms with E-state index in [1.54, 1.807) is 4.90 Å². The van der Waals surface area contributed by atoms with Gasteiger partial charge in [0, 0.05) is 40.7 Å². The summed E-state index contributed by atoms with van der Waals surface area (Å²) in [5.41, 5.74) is 2.87. The van der Waals surface area contributed by atoms with E-state index in [0.29, 0.717) is 17.4 Å². The highest BCUT2D eigenvalue weighted by atomic mass is 79.9. The second kappa shape index (κ2) is 6.39. The van der Waals surface area contributed by atoms with Crippen LogP contribution in [0, 0.1) is 5.82 Å². The lowest BCUT2D eigenvalue weighted by Crippen LogP contribution is -2.43. The lowest BCUT2D eigenvalue weighted by atomic mass is 9.94. The minimum absolute atomic E-state index is 0.157. The number of aromatic nitrogens is 2. The molecule has 0 amide bonds. The van der Waals surface area contributed by atoms with Crippen molar-refractivity contribution in [2.45, 2.75) is 25.3 Å². The molecule has 0 saturated heterocycles. The maximum Gasteiger partial charge on any atom is 0.257 e. The van der Waals surface area contributed by atoms with Crippen LogP contribution in [0.25, 0.3) is 10.9 Å². The summed E-state index contributed by atoms with van der Waals surface area (Å²) in [7, 11) is 0. The van der Waals surface area contributed by atoms with Gasteiger partial charge in [0.05, 0.1) is 18.3 Å². The van der Waals surface area contributed by atoms with Crippen LogP contribution in [0.1, 0.15) is 29.9 Å². The summed E-state index contributed by atoms with van der Waals surface area (Å²) in [4.78, 5) is 9.15. The Balaban J connectivity index is 1.89. The molecule has 1 aromatic carbocycles. The van der Waals surface area contributed by atoms with Crippen LogP contribution >= 0.6 is 15.9 Å². The monoisotopic (exact) mass is 423 g/mol. The maximum atomic E-state index is 14.7. The first-order valence-corrected chi connectivity index (χ1v) is 9.15. The van der Waals surface area contributed by atoms with Crippen molar-refractivity contribution in [1.82, 2.24) is 14.9 Å². The van der Waals surface area contributed by atoms with Gasteiger partial charge in [-0.05, 0) is 40.0 Å². The van der Waals surface area contributed by atoms with Gasteiger partial charge in [0.2, 0.25) is 0 Å². The van der Waals surface area contributed by atoms with Crippen molar-refractivity contribution in [3.8, 4) is 0 Å². The second-order valence-electron chi connectivity index (χ2n) is 6.78. The van der Waals surface area contributed by atoms with Crippen molar-refractivity contribution in [1.29, 1.82) is 0 Å². The highest BCUT2D eigenvalue weighted by molar-refractivity contribution is 9.10. The Hall–Kier alpha value is -1.86. The molecular weight excluding hydrogens is 407 g/mol. The molecule has 3 heterocycles. The zero-order valence-electron chi connectivity index (χ0n) is 14.1. The average molecular weight is 424 g/mol. The van der Waals surface area contributed by atoms with Crippen molar-refractivity contribution in [3.05, 3.63) is 63.8 Å². The Labute approximate surface area is 157 Å². The number of alkyl halides is 2. The highest BCUT2D eigenvalue weighted by Crippen LogP contribution is 2.39. The number of aromatic amines is 1. The summed E-state index contributed by atoms with van der Waals surface area (Å²) >= 11 is 3.20. The molecule has 1 N–H and O–H groups in total. The van der Waals surface area contributed by atoms with Crippen molar-refractivity contribution < 1.29 is 13.2 Å². The summed E-state index contributed by atoms with van der Waals surface area (Å²) < 4.78 is 42.7. The molecule has 1 aliphatic rings. The molecule has 0 radical (unpaired) electrons. The molecule has 0 fully saturated rings. The number of H-pyrrole nitrogens is 1. The van der Waals surface area contributed by atoms with Crippen LogP contribution in [0.2, 0.25) is 0 Å². The first-order valence-electron chi connectivity index (χ1n) is 8.36. The normalized spacial score (nSPS) is 18.3. The van der Waals surface area contributed by atoms with Crippen LogP contribution in [0.3, 0.4) is 0 Å². The fourth-order valence-electron chi connectivity index (χ4n) is 3.75. The molecule has 136 valence electrons.